The first-order valence-electron chi connectivity index (χ1n) is 9.55. The summed E-state index contributed by atoms with van der Waals surface area (Å²) >= 11 is 0. The zero-order chi connectivity index (χ0) is 17.7. The molecule has 0 N–H and O–H groups in total. The van der Waals surface area contributed by atoms with Gasteiger partial charge in [-0.1, -0.05) is 6.07 Å². The zero-order valence-electron chi connectivity index (χ0n) is 16.0. The van der Waals surface area contributed by atoms with E-state index in [0.29, 0.717) is 5.92 Å². The molecule has 0 radical (unpaired) electrons. The van der Waals surface area contributed by atoms with E-state index < -0.39 is 0 Å². The summed E-state index contributed by atoms with van der Waals surface area (Å²) in [6, 6.07) is 6.30. The summed E-state index contributed by atoms with van der Waals surface area (Å²) in [5.74, 6) is 0.638. The van der Waals surface area contributed by atoms with E-state index in [9.17, 15) is 0 Å². The minimum Gasteiger partial charge on any atom is -0.383 e. The minimum absolute atomic E-state index is 0.0643. The lowest BCUT2D eigenvalue weighted by molar-refractivity contribution is -0.0538. The summed E-state index contributed by atoms with van der Waals surface area (Å²) in [5.41, 5.74) is 2.33. The Morgan fingerprint density at radius 2 is 2.32 bits per heavy atom. The van der Waals surface area contributed by atoms with Crippen LogP contribution < -0.4 is 0 Å². The molecule has 0 aromatic carbocycles. The molecule has 0 bridgehead atoms. The third-order valence-electron chi connectivity index (χ3n) is 5.48. The molecule has 0 unspecified atom stereocenters. The molecule has 3 heterocycles. The number of ether oxygens (including phenoxy) is 2. The molecule has 1 aromatic rings. The van der Waals surface area contributed by atoms with Gasteiger partial charge in [0.2, 0.25) is 0 Å². The topological polar surface area (TPSA) is 37.8 Å². The van der Waals surface area contributed by atoms with Crippen molar-refractivity contribution in [3.8, 4) is 0 Å². The van der Waals surface area contributed by atoms with Gasteiger partial charge in [-0.3, -0.25) is 9.88 Å². The molecule has 0 saturated carbocycles. The monoisotopic (exact) mass is 347 g/mol. The van der Waals surface area contributed by atoms with Crippen LogP contribution in [0.1, 0.15) is 30.7 Å². The molecule has 2 fully saturated rings. The summed E-state index contributed by atoms with van der Waals surface area (Å²) in [7, 11) is 3.95. The Labute approximate surface area is 152 Å². The molecule has 2 atom stereocenters. The molecule has 2 saturated heterocycles. The van der Waals surface area contributed by atoms with E-state index in [1.54, 1.807) is 7.11 Å². The standard InChI is InChI=1S/C20H33N3O2/c1-17-6-4-7-19(21-17)14-23-9-5-8-20(16-23)12-18(15-25-20)13-22(2)10-11-24-3/h4,6-7,18H,5,8-16H2,1-3H3/t18-,20-/m0/s1. The normalized spacial score (nSPS) is 27.4. The fraction of sp³-hybridized carbons (Fsp3) is 0.750. The molecule has 5 nitrogen and oxygen atoms in total. The number of pyridine rings is 1. The van der Waals surface area contributed by atoms with E-state index in [-0.39, 0.29) is 5.60 Å². The maximum absolute atomic E-state index is 6.37. The van der Waals surface area contributed by atoms with Crippen molar-refractivity contribution in [2.45, 2.75) is 38.3 Å². The molecular formula is C20H33N3O2. The zero-order valence-corrected chi connectivity index (χ0v) is 16.0. The highest BCUT2D eigenvalue weighted by Crippen LogP contribution is 2.38. The summed E-state index contributed by atoms with van der Waals surface area (Å²) in [4.78, 5) is 9.56. The van der Waals surface area contributed by atoms with Gasteiger partial charge in [0.15, 0.2) is 0 Å². The first kappa shape index (κ1) is 18.8. The predicted molar refractivity (Wildman–Crippen MR) is 99.6 cm³/mol. The molecule has 25 heavy (non-hydrogen) atoms. The molecule has 3 rings (SSSR count). The third-order valence-corrected chi connectivity index (χ3v) is 5.48. The largest absolute Gasteiger partial charge is 0.383 e. The van der Waals surface area contributed by atoms with Gasteiger partial charge in [-0.2, -0.15) is 0 Å². The van der Waals surface area contributed by atoms with Crippen molar-refractivity contribution in [2.24, 2.45) is 5.92 Å². The number of aryl methyl sites for hydroxylation is 1. The van der Waals surface area contributed by atoms with E-state index in [4.69, 9.17) is 9.47 Å². The van der Waals surface area contributed by atoms with Crippen LogP contribution in [0.4, 0.5) is 0 Å². The summed E-state index contributed by atoms with van der Waals surface area (Å²) < 4.78 is 11.6. The molecule has 1 spiro atoms. The molecule has 5 heteroatoms. The molecule has 1 aromatic heterocycles. The van der Waals surface area contributed by atoms with Gasteiger partial charge in [0.05, 0.1) is 24.5 Å². The predicted octanol–water partition coefficient (Wildman–Crippen LogP) is 2.34. The van der Waals surface area contributed by atoms with Gasteiger partial charge in [0.25, 0.3) is 0 Å². The number of hydrogen-bond acceptors (Lipinski definition) is 5. The number of nitrogens with zero attached hydrogens (tertiary/aromatic N) is 3. The fourth-order valence-corrected chi connectivity index (χ4v) is 4.36. The Morgan fingerprint density at radius 3 is 3.12 bits per heavy atom. The maximum Gasteiger partial charge on any atom is 0.0813 e. The van der Waals surface area contributed by atoms with Crippen LogP contribution in [0, 0.1) is 12.8 Å². The number of piperidine rings is 1. The van der Waals surface area contributed by atoms with Crippen molar-refractivity contribution in [3.05, 3.63) is 29.6 Å². The van der Waals surface area contributed by atoms with Gasteiger partial charge in [-0.25, -0.2) is 0 Å². The van der Waals surface area contributed by atoms with Crippen molar-refractivity contribution in [1.29, 1.82) is 0 Å². The molecule has 2 aliphatic rings. The van der Waals surface area contributed by atoms with Gasteiger partial charge in [0, 0.05) is 39.0 Å². The van der Waals surface area contributed by atoms with Gasteiger partial charge in [-0.05, 0) is 57.8 Å². The quantitative estimate of drug-likeness (QED) is 0.757. The van der Waals surface area contributed by atoms with Crippen LogP contribution in [0.15, 0.2) is 18.2 Å². The minimum atomic E-state index is 0.0643. The van der Waals surface area contributed by atoms with Crippen molar-refractivity contribution in [3.63, 3.8) is 0 Å². The Hall–Kier alpha value is -1.01. The van der Waals surface area contributed by atoms with E-state index in [2.05, 4.69) is 47.0 Å². The van der Waals surface area contributed by atoms with Crippen LogP contribution in [0.5, 0.6) is 0 Å². The lowest BCUT2D eigenvalue weighted by Gasteiger charge is -2.39. The first-order chi connectivity index (χ1) is 12.1. The van der Waals surface area contributed by atoms with Crippen molar-refractivity contribution < 1.29 is 9.47 Å². The van der Waals surface area contributed by atoms with Crippen LogP contribution >= 0.6 is 0 Å². The molecule has 2 aliphatic heterocycles. The summed E-state index contributed by atoms with van der Waals surface area (Å²) in [6.45, 7) is 8.98. The molecular weight excluding hydrogens is 314 g/mol. The SMILES string of the molecule is COCCN(C)C[C@H]1CO[C@@]2(CCCN(Cc3cccc(C)n3)C2)C1. The van der Waals surface area contributed by atoms with E-state index in [0.717, 1.165) is 51.6 Å². The highest BCUT2D eigenvalue weighted by atomic mass is 16.5. The number of rotatable bonds is 7. The molecule has 140 valence electrons. The average Bonchev–Trinajstić information content (AvgIpc) is 2.95. The van der Waals surface area contributed by atoms with Gasteiger partial charge in [-0.15, -0.1) is 0 Å². The summed E-state index contributed by atoms with van der Waals surface area (Å²) in [6.07, 6.45) is 3.60. The van der Waals surface area contributed by atoms with Gasteiger partial charge in [0.1, 0.15) is 0 Å². The van der Waals surface area contributed by atoms with Gasteiger partial charge >= 0.3 is 0 Å². The second kappa shape index (κ2) is 8.58. The Kier molecular flexibility index (Phi) is 6.44. The van der Waals surface area contributed by atoms with E-state index >= 15 is 0 Å². The Balaban J connectivity index is 1.52. The lowest BCUT2D eigenvalue weighted by Crippen LogP contribution is -2.47. The molecule has 0 aliphatic carbocycles. The van der Waals surface area contributed by atoms with Crippen LogP contribution in [-0.4, -0.2) is 73.9 Å². The number of likely N-dealkylation sites (N-methyl/N-ethyl adjacent to an activating group) is 1. The number of hydrogen-bond donors (Lipinski definition) is 0. The van der Waals surface area contributed by atoms with Crippen molar-refractivity contribution in [1.82, 2.24) is 14.8 Å². The van der Waals surface area contributed by atoms with Crippen LogP contribution in [0.2, 0.25) is 0 Å². The van der Waals surface area contributed by atoms with E-state index in [1.165, 1.54) is 25.0 Å². The second-order valence-corrected chi connectivity index (χ2v) is 7.90. The first-order valence-corrected chi connectivity index (χ1v) is 9.55. The second-order valence-electron chi connectivity index (χ2n) is 7.90. The van der Waals surface area contributed by atoms with Gasteiger partial charge < -0.3 is 14.4 Å². The Morgan fingerprint density at radius 1 is 1.44 bits per heavy atom. The summed E-state index contributed by atoms with van der Waals surface area (Å²) in [5, 5.41) is 0. The van der Waals surface area contributed by atoms with Crippen LogP contribution in [0.25, 0.3) is 0 Å². The number of aromatic nitrogens is 1. The van der Waals surface area contributed by atoms with Crippen molar-refractivity contribution in [2.75, 3.05) is 53.6 Å². The van der Waals surface area contributed by atoms with Crippen LogP contribution in [0.3, 0.4) is 0 Å². The van der Waals surface area contributed by atoms with Crippen LogP contribution in [-0.2, 0) is 16.0 Å². The average molecular weight is 348 g/mol. The smallest absolute Gasteiger partial charge is 0.0813 e. The number of methoxy groups -OCH3 is 1. The van der Waals surface area contributed by atoms with Crippen molar-refractivity contribution >= 4 is 0 Å². The van der Waals surface area contributed by atoms with E-state index in [1.807, 2.05) is 0 Å². The maximum atomic E-state index is 6.37. The molecule has 0 amide bonds. The number of likely N-dealkylation sites (tertiary alicyclic amines) is 1. The Bertz CT molecular complexity index is 553. The lowest BCUT2D eigenvalue weighted by atomic mass is 9.86. The third kappa shape index (κ3) is 5.23. The fourth-order valence-electron chi connectivity index (χ4n) is 4.36. The highest BCUT2D eigenvalue weighted by Gasteiger charge is 2.43. The highest BCUT2D eigenvalue weighted by molar-refractivity contribution is 5.10.